The van der Waals surface area contributed by atoms with Gasteiger partial charge in [0.25, 0.3) is 0 Å². The van der Waals surface area contributed by atoms with Crippen molar-refractivity contribution in [3.63, 3.8) is 0 Å². The quantitative estimate of drug-likeness (QED) is 0.156. The first-order valence-corrected chi connectivity index (χ1v) is 19.2. The van der Waals surface area contributed by atoms with Crippen molar-refractivity contribution in [2.75, 3.05) is 20.3 Å². The number of carbonyl (C=O) groups excluding carboxylic acids is 2. The lowest BCUT2D eigenvalue weighted by Crippen LogP contribution is -2.49. The van der Waals surface area contributed by atoms with Gasteiger partial charge < -0.3 is 20.7 Å². The van der Waals surface area contributed by atoms with Gasteiger partial charge in [-0.05, 0) is 65.3 Å². The first-order chi connectivity index (χ1) is 24.8. The lowest BCUT2D eigenvalue weighted by atomic mass is 9.81. The molecule has 276 valence electrons. The Labute approximate surface area is 305 Å². The van der Waals surface area contributed by atoms with Crippen LogP contribution in [0.5, 0.6) is 0 Å². The molecule has 1 heterocycles. The third-order valence-electron chi connectivity index (χ3n) is 9.85. The van der Waals surface area contributed by atoms with Gasteiger partial charge in [0.05, 0.1) is 43.3 Å². The number of methoxy groups -OCH3 is 1. The van der Waals surface area contributed by atoms with Gasteiger partial charge in [0.2, 0.25) is 21.9 Å². The maximum absolute atomic E-state index is 14.2. The number of fused-ring (bicyclic) bond motifs is 1. The third-order valence-corrected chi connectivity index (χ3v) is 12.9. The number of benzene rings is 3. The van der Waals surface area contributed by atoms with Gasteiger partial charge >= 0.3 is 6.09 Å². The van der Waals surface area contributed by atoms with E-state index in [1.54, 1.807) is 18.2 Å². The maximum atomic E-state index is 14.2. The topological polar surface area (TPSA) is 150 Å². The molecule has 0 saturated heterocycles. The normalized spacial score (nSPS) is 18.1. The van der Waals surface area contributed by atoms with Gasteiger partial charge in [-0.25, -0.2) is 26.9 Å². The number of aryl methyl sites for hydroxylation is 1. The SMILES string of the molecule is COC(=O)N(Cc1ccc([C@@H](CO)N(CC2CC(F)(F)C2)S(=O)(=O)c2ccc3c(c2)CCC3O)s1)C(=O)[C@@H](N)C(c1ccccc1)c1ccccc1. The number of imide groups is 1. The van der Waals surface area contributed by atoms with Crippen molar-refractivity contribution < 1.29 is 41.7 Å². The molecular weight excluding hydrogens is 713 g/mol. The average Bonchev–Trinajstić information content (AvgIpc) is 3.76. The number of aliphatic hydroxyl groups is 2. The molecule has 1 unspecified atom stereocenters. The summed E-state index contributed by atoms with van der Waals surface area (Å²) in [5.74, 6) is -4.82. The van der Waals surface area contributed by atoms with Crippen LogP contribution in [0, 0.1) is 5.92 Å². The van der Waals surface area contributed by atoms with Crippen molar-refractivity contribution in [2.45, 2.75) is 67.2 Å². The number of alkyl halides is 2. The van der Waals surface area contributed by atoms with Crippen LogP contribution in [0.15, 0.2) is 95.9 Å². The number of hydrogen-bond acceptors (Lipinski definition) is 9. The van der Waals surface area contributed by atoms with E-state index in [0.717, 1.165) is 38.8 Å². The Morgan fingerprint density at radius 3 is 2.21 bits per heavy atom. The largest absolute Gasteiger partial charge is 0.452 e. The summed E-state index contributed by atoms with van der Waals surface area (Å²) < 4.78 is 62.4. The van der Waals surface area contributed by atoms with Crippen LogP contribution >= 0.6 is 11.3 Å². The highest BCUT2D eigenvalue weighted by molar-refractivity contribution is 7.89. The van der Waals surface area contributed by atoms with Crippen LogP contribution in [0.25, 0.3) is 0 Å². The number of sulfonamides is 1. The van der Waals surface area contributed by atoms with E-state index in [1.807, 2.05) is 60.7 Å². The van der Waals surface area contributed by atoms with E-state index < -0.39 is 77.4 Å². The van der Waals surface area contributed by atoms with Gasteiger partial charge in [0, 0.05) is 35.1 Å². The molecule has 2 aliphatic rings. The number of aliphatic hydroxyl groups excluding tert-OH is 2. The molecule has 1 aromatic heterocycles. The summed E-state index contributed by atoms with van der Waals surface area (Å²) in [7, 11) is -3.18. The van der Waals surface area contributed by atoms with Crippen molar-refractivity contribution >= 4 is 33.4 Å². The van der Waals surface area contributed by atoms with Gasteiger partial charge in [0.1, 0.15) is 0 Å². The third kappa shape index (κ3) is 7.82. The first kappa shape index (κ1) is 37.7. The number of nitrogens with two attached hydrogens (primary N) is 1. The molecule has 0 spiro atoms. The predicted molar refractivity (Wildman–Crippen MR) is 191 cm³/mol. The Kier molecular flexibility index (Phi) is 11.2. The van der Waals surface area contributed by atoms with Crippen molar-refractivity contribution in [1.82, 2.24) is 9.21 Å². The fourth-order valence-electron chi connectivity index (χ4n) is 7.16. The second-order valence-corrected chi connectivity index (χ2v) is 16.4. The zero-order valence-electron chi connectivity index (χ0n) is 28.5. The summed E-state index contributed by atoms with van der Waals surface area (Å²) in [5, 5.41) is 20.9. The molecule has 4 N–H and O–H groups in total. The van der Waals surface area contributed by atoms with Crippen LogP contribution in [-0.4, -0.2) is 72.1 Å². The summed E-state index contributed by atoms with van der Waals surface area (Å²) in [6, 6.07) is 23.7. The van der Waals surface area contributed by atoms with Crippen LogP contribution in [0.4, 0.5) is 13.6 Å². The van der Waals surface area contributed by atoms with E-state index in [0.29, 0.717) is 33.7 Å². The van der Waals surface area contributed by atoms with E-state index >= 15 is 0 Å². The lowest BCUT2D eigenvalue weighted by Gasteiger charge is -2.39. The minimum absolute atomic E-state index is 0.0653. The first-order valence-electron chi connectivity index (χ1n) is 17.0. The van der Waals surface area contributed by atoms with Crippen LogP contribution < -0.4 is 5.73 Å². The molecule has 0 aliphatic heterocycles. The Bertz CT molecular complexity index is 1950. The van der Waals surface area contributed by atoms with Crippen LogP contribution in [0.1, 0.15) is 69.3 Å². The summed E-state index contributed by atoms with van der Waals surface area (Å²) in [5.41, 5.74) is 9.53. The zero-order valence-corrected chi connectivity index (χ0v) is 30.1. The summed E-state index contributed by atoms with van der Waals surface area (Å²) in [6.07, 6.45) is -1.64. The molecule has 0 radical (unpaired) electrons. The smallest absolute Gasteiger partial charge is 0.416 e. The molecule has 3 atom stereocenters. The molecule has 10 nitrogen and oxygen atoms in total. The molecule has 2 amide bonds. The monoisotopic (exact) mass is 753 g/mol. The molecule has 4 aromatic rings. The Balaban J connectivity index is 1.29. The van der Waals surface area contributed by atoms with E-state index in [4.69, 9.17) is 10.5 Å². The fraction of sp³-hybridized carbons (Fsp3) is 0.368. The predicted octanol–water partition coefficient (Wildman–Crippen LogP) is 5.75. The van der Waals surface area contributed by atoms with Gasteiger partial charge in [-0.2, -0.15) is 4.31 Å². The van der Waals surface area contributed by atoms with Gasteiger partial charge in [-0.3, -0.25) is 4.79 Å². The Morgan fingerprint density at radius 1 is 1.00 bits per heavy atom. The van der Waals surface area contributed by atoms with Crippen LogP contribution in [-0.2, 0) is 32.5 Å². The lowest BCUT2D eigenvalue weighted by molar-refractivity contribution is -0.131. The summed E-state index contributed by atoms with van der Waals surface area (Å²) in [4.78, 5) is 28.8. The van der Waals surface area contributed by atoms with E-state index in [-0.39, 0.29) is 18.0 Å². The number of rotatable bonds is 13. The van der Waals surface area contributed by atoms with Crippen molar-refractivity contribution in [1.29, 1.82) is 0 Å². The number of halogens is 2. The number of hydrogen-bond donors (Lipinski definition) is 3. The maximum Gasteiger partial charge on any atom is 0.416 e. The van der Waals surface area contributed by atoms with Crippen LogP contribution in [0.3, 0.4) is 0 Å². The molecule has 1 saturated carbocycles. The summed E-state index contributed by atoms with van der Waals surface area (Å²) in [6.45, 7) is -1.17. The molecule has 6 rings (SSSR count). The number of nitrogens with zero attached hydrogens (tertiary/aromatic N) is 2. The fourth-order valence-corrected chi connectivity index (χ4v) is 10.1. The van der Waals surface area contributed by atoms with Crippen molar-refractivity contribution in [3.05, 3.63) is 123 Å². The second-order valence-electron chi connectivity index (χ2n) is 13.3. The Morgan fingerprint density at radius 2 is 1.63 bits per heavy atom. The molecule has 2 aliphatic carbocycles. The highest BCUT2D eigenvalue weighted by Crippen LogP contribution is 2.45. The molecular formula is C38H41F2N3O7S2. The molecule has 3 aromatic carbocycles. The van der Waals surface area contributed by atoms with E-state index in [2.05, 4.69) is 0 Å². The highest BCUT2D eigenvalue weighted by Gasteiger charge is 2.48. The van der Waals surface area contributed by atoms with Crippen molar-refractivity contribution in [2.24, 2.45) is 11.7 Å². The zero-order chi connectivity index (χ0) is 37.2. The highest BCUT2D eigenvalue weighted by atomic mass is 32.2. The van der Waals surface area contributed by atoms with E-state index in [1.165, 1.54) is 12.1 Å². The average molecular weight is 754 g/mol. The molecule has 1 fully saturated rings. The molecule has 14 heteroatoms. The minimum Gasteiger partial charge on any atom is -0.452 e. The number of ether oxygens (including phenoxy) is 1. The Hall–Kier alpha value is -4.05. The summed E-state index contributed by atoms with van der Waals surface area (Å²) >= 11 is 1.07. The number of amides is 2. The minimum atomic E-state index is -4.33. The van der Waals surface area contributed by atoms with Gasteiger partial charge in [-0.1, -0.05) is 66.7 Å². The number of thiophene rings is 1. The molecule has 0 bridgehead atoms. The molecule has 52 heavy (non-hydrogen) atoms. The second kappa shape index (κ2) is 15.5. The standard InChI is InChI=1S/C38H41F2N3O7S2/c1-50-37(47)42(36(46)35(41)34(25-8-4-2-5-9-25)26-10-6-3-7-11-26)22-28-13-17-33(51-28)31(23-44)43(21-24-19-38(39,40)20-24)52(48,49)29-14-15-30-27(18-29)12-16-32(30)45/h2-11,13-15,17-18,24,31-32,34-35,44-45H,12,16,19-23,41H2,1H3/t31-,32?,35+/m1/s1. The van der Waals surface area contributed by atoms with Crippen molar-refractivity contribution in [3.8, 4) is 0 Å². The van der Waals surface area contributed by atoms with Gasteiger partial charge in [-0.15, -0.1) is 11.3 Å². The number of carbonyl (C=O) groups is 2. The van der Waals surface area contributed by atoms with Crippen LogP contribution in [0.2, 0.25) is 0 Å². The van der Waals surface area contributed by atoms with Gasteiger partial charge in [0.15, 0.2) is 0 Å². The van der Waals surface area contributed by atoms with E-state index in [9.17, 15) is 37.0 Å².